The molecule has 1 aliphatic heterocycles. The van der Waals surface area contributed by atoms with Crippen molar-refractivity contribution in [2.75, 3.05) is 7.05 Å². The van der Waals surface area contributed by atoms with Crippen LogP contribution in [0.1, 0.15) is 46.0 Å². The average Bonchev–Trinajstić information content (AvgIpc) is 3.29. The summed E-state index contributed by atoms with van der Waals surface area (Å²) >= 11 is 5.83. The predicted molar refractivity (Wildman–Crippen MR) is 127 cm³/mol. The van der Waals surface area contributed by atoms with E-state index in [4.69, 9.17) is 11.6 Å². The normalized spacial score (nSPS) is 19.0. The number of hydrogen-bond donors (Lipinski definition) is 2. The summed E-state index contributed by atoms with van der Waals surface area (Å²) in [6.07, 6.45) is 4.03. The third-order valence-electron chi connectivity index (χ3n) is 6.04. The lowest BCUT2D eigenvalue weighted by molar-refractivity contribution is 0.0785. The number of carbonyl (C=O) groups excluding carboxylic acids is 1. The minimum absolute atomic E-state index is 0.0310. The highest BCUT2D eigenvalue weighted by Gasteiger charge is 2.29. The second-order valence-corrected chi connectivity index (χ2v) is 8.84. The number of aliphatic hydroxyl groups is 1. The Morgan fingerprint density at radius 1 is 1.09 bits per heavy atom. The van der Waals surface area contributed by atoms with Crippen LogP contribution in [0.15, 0.2) is 72.9 Å². The summed E-state index contributed by atoms with van der Waals surface area (Å²) in [5.74, 6) is -0.0310. The fourth-order valence-electron chi connectivity index (χ4n) is 4.28. The summed E-state index contributed by atoms with van der Waals surface area (Å²) in [5, 5.41) is 14.7. The molecule has 0 aliphatic carbocycles. The van der Waals surface area contributed by atoms with Gasteiger partial charge in [0.2, 0.25) is 0 Å². The van der Waals surface area contributed by atoms with Crippen molar-refractivity contribution in [2.24, 2.45) is 0 Å². The van der Waals surface area contributed by atoms with Gasteiger partial charge in [0.05, 0.1) is 6.10 Å². The number of aliphatic hydroxyl groups excluding tert-OH is 1. The summed E-state index contributed by atoms with van der Waals surface area (Å²) < 4.78 is 0. The van der Waals surface area contributed by atoms with Crippen LogP contribution in [0.3, 0.4) is 0 Å². The van der Waals surface area contributed by atoms with Gasteiger partial charge in [-0.05, 0) is 54.2 Å². The van der Waals surface area contributed by atoms with Gasteiger partial charge in [0.15, 0.2) is 0 Å². The summed E-state index contributed by atoms with van der Waals surface area (Å²) in [5.41, 5.74) is 3.72. The van der Waals surface area contributed by atoms with Crippen molar-refractivity contribution in [3.05, 3.63) is 100 Å². The van der Waals surface area contributed by atoms with Crippen LogP contribution in [-0.2, 0) is 13.0 Å². The molecule has 1 amide bonds. The Morgan fingerprint density at radius 2 is 1.81 bits per heavy atom. The van der Waals surface area contributed by atoms with E-state index < -0.39 is 6.10 Å². The number of amides is 1. The maximum absolute atomic E-state index is 12.8. The molecule has 2 heterocycles. The number of rotatable bonds is 7. The fraction of sp³-hybridized carbons (Fsp3) is 0.308. The van der Waals surface area contributed by atoms with Crippen LogP contribution >= 0.6 is 11.6 Å². The zero-order valence-electron chi connectivity index (χ0n) is 18.1. The first kappa shape index (κ1) is 22.5. The molecule has 4 rings (SSSR count). The quantitative estimate of drug-likeness (QED) is 0.524. The van der Waals surface area contributed by atoms with E-state index in [2.05, 4.69) is 10.3 Å². The lowest BCUT2D eigenvalue weighted by Crippen LogP contribution is -2.35. The zero-order valence-corrected chi connectivity index (χ0v) is 18.9. The summed E-state index contributed by atoms with van der Waals surface area (Å²) in [4.78, 5) is 18.5. The van der Waals surface area contributed by atoms with Crippen molar-refractivity contribution < 1.29 is 9.90 Å². The Hall–Kier alpha value is -2.73. The van der Waals surface area contributed by atoms with Crippen molar-refractivity contribution in [2.45, 2.75) is 44.0 Å². The van der Waals surface area contributed by atoms with Crippen LogP contribution in [-0.4, -0.2) is 40.0 Å². The second kappa shape index (κ2) is 10.3. The molecule has 0 bridgehead atoms. The predicted octanol–water partition coefficient (Wildman–Crippen LogP) is 4.40. The molecule has 1 saturated heterocycles. The van der Waals surface area contributed by atoms with Crippen molar-refractivity contribution in [1.29, 1.82) is 0 Å². The number of benzene rings is 2. The molecule has 3 atom stereocenters. The summed E-state index contributed by atoms with van der Waals surface area (Å²) in [7, 11) is 1.78. The maximum Gasteiger partial charge on any atom is 0.253 e. The van der Waals surface area contributed by atoms with Crippen LogP contribution in [0.4, 0.5) is 0 Å². The van der Waals surface area contributed by atoms with Gasteiger partial charge in [0.1, 0.15) is 5.15 Å². The molecule has 0 spiro atoms. The lowest BCUT2D eigenvalue weighted by Gasteiger charge is -2.20. The number of nitrogens with one attached hydrogen (secondary N) is 1. The Bertz CT molecular complexity index is 1030. The highest BCUT2D eigenvalue weighted by molar-refractivity contribution is 6.29. The molecule has 1 fully saturated rings. The van der Waals surface area contributed by atoms with E-state index in [0.717, 1.165) is 30.4 Å². The van der Waals surface area contributed by atoms with E-state index in [1.807, 2.05) is 60.7 Å². The molecule has 166 valence electrons. The lowest BCUT2D eigenvalue weighted by atomic mass is 10.0. The van der Waals surface area contributed by atoms with Crippen molar-refractivity contribution in [3.63, 3.8) is 0 Å². The fourth-order valence-corrected chi connectivity index (χ4v) is 4.39. The van der Waals surface area contributed by atoms with Crippen LogP contribution in [0.25, 0.3) is 0 Å². The molecule has 2 aromatic carbocycles. The molecule has 3 aromatic rings. The summed E-state index contributed by atoms with van der Waals surface area (Å²) in [6, 6.07) is 21.6. The van der Waals surface area contributed by atoms with Gasteiger partial charge in [-0.15, -0.1) is 0 Å². The van der Waals surface area contributed by atoms with Gasteiger partial charge in [-0.3, -0.25) is 4.79 Å². The SMILES string of the molecule is CN(Cc1ccc(Cl)nc1)C(=O)c1ccc(C[C@@H]2CC[C@H]([C@H](O)c3ccccc3)N2)cc1. The molecule has 6 heteroatoms. The van der Waals surface area contributed by atoms with Gasteiger partial charge in [-0.25, -0.2) is 4.98 Å². The van der Waals surface area contributed by atoms with Crippen molar-refractivity contribution >= 4 is 17.5 Å². The number of halogens is 1. The molecular formula is C26H28ClN3O2. The van der Waals surface area contributed by atoms with E-state index in [0.29, 0.717) is 23.3 Å². The van der Waals surface area contributed by atoms with E-state index >= 15 is 0 Å². The first-order chi connectivity index (χ1) is 15.5. The van der Waals surface area contributed by atoms with Gasteiger partial charge in [-0.1, -0.05) is 60.1 Å². The Kier molecular flexibility index (Phi) is 7.20. The number of hydrogen-bond acceptors (Lipinski definition) is 4. The van der Waals surface area contributed by atoms with Crippen LogP contribution in [0, 0.1) is 0 Å². The third-order valence-corrected chi connectivity index (χ3v) is 6.26. The molecule has 1 aromatic heterocycles. The second-order valence-electron chi connectivity index (χ2n) is 8.45. The average molecular weight is 450 g/mol. The van der Waals surface area contributed by atoms with Gasteiger partial charge in [0, 0.05) is 37.4 Å². The van der Waals surface area contributed by atoms with E-state index in [-0.39, 0.29) is 11.9 Å². The van der Waals surface area contributed by atoms with Crippen molar-refractivity contribution in [1.82, 2.24) is 15.2 Å². The third kappa shape index (κ3) is 5.54. The van der Waals surface area contributed by atoms with Gasteiger partial charge < -0.3 is 15.3 Å². The van der Waals surface area contributed by atoms with Crippen LogP contribution in [0.2, 0.25) is 5.15 Å². The molecule has 5 nitrogen and oxygen atoms in total. The Balaban J connectivity index is 1.31. The molecule has 1 aliphatic rings. The highest BCUT2D eigenvalue weighted by Crippen LogP contribution is 2.26. The monoisotopic (exact) mass is 449 g/mol. The molecule has 0 unspecified atom stereocenters. The number of carbonyl (C=O) groups is 1. The number of aromatic nitrogens is 1. The summed E-state index contributed by atoms with van der Waals surface area (Å²) in [6.45, 7) is 0.474. The largest absolute Gasteiger partial charge is 0.387 e. The molecule has 0 saturated carbocycles. The Morgan fingerprint density at radius 3 is 2.50 bits per heavy atom. The van der Waals surface area contributed by atoms with Gasteiger partial charge in [0.25, 0.3) is 5.91 Å². The van der Waals surface area contributed by atoms with E-state index in [1.165, 1.54) is 5.56 Å². The number of pyridine rings is 1. The first-order valence-electron chi connectivity index (χ1n) is 10.9. The molecular weight excluding hydrogens is 422 g/mol. The van der Waals surface area contributed by atoms with Crippen LogP contribution in [0.5, 0.6) is 0 Å². The van der Waals surface area contributed by atoms with Crippen molar-refractivity contribution in [3.8, 4) is 0 Å². The van der Waals surface area contributed by atoms with Crippen LogP contribution < -0.4 is 5.32 Å². The zero-order chi connectivity index (χ0) is 22.5. The maximum atomic E-state index is 12.8. The first-order valence-corrected chi connectivity index (χ1v) is 11.3. The van der Waals surface area contributed by atoms with E-state index in [9.17, 15) is 9.90 Å². The minimum atomic E-state index is -0.493. The topological polar surface area (TPSA) is 65.5 Å². The number of nitrogens with zero attached hydrogens (tertiary/aromatic N) is 2. The Labute approximate surface area is 194 Å². The minimum Gasteiger partial charge on any atom is -0.387 e. The van der Waals surface area contributed by atoms with E-state index in [1.54, 1.807) is 24.2 Å². The molecule has 0 radical (unpaired) electrons. The van der Waals surface area contributed by atoms with Gasteiger partial charge >= 0.3 is 0 Å². The molecule has 32 heavy (non-hydrogen) atoms. The van der Waals surface area contributed by atoms with Gasteiger partial charge in [-0.2, -0.15) is 0 Å². The standard InChI is InChI=1S/C26H28ClN3O2/c1-30(17-19-9-14-24(27)28-16-19)26(32)21-10-7-18(8-11-21)15-22-12-13-23(29-22)25(31)20-5-3-2-4-6-20/h2-11,14,16,22-23,25,29,31H,12-13,15,17H2,1H3/t22-,23+,25+/m0/s1. The smallest absolute Gasteiger partial charge is 0.253 e. The molecule has 2 N–H and O–H groups in total. The highest BCUT2D eigenvalue weighted by atomic mass is 35.5.